The van der Waals surface area contributed by atoms with Crippen molar-refractivity contribution in [1.29, 1.82) is 0 Å². The van der Waals surface area contributed by atoms with E-state index >= 15 is 0 Å². The van der Waals surface area contributed by atoms with Crippen LogP contribution in [-0.4, -0.2) is 9.99 Å². The Morgan fingerprint density at radius 2 is 1.74 bits per heavy atom. The van der Waals surface area contributed by atoms with Gasteiger partial charge < -0.3 is 0 Å². The maximum atomic E-state index is 12.9. The summed E-state index contributed by atoms with van der Waals surface area (Å²) in [6.45, 7) is 6.01. The number of rotatable bonds is 7. The zero-order chi connectivity index (χ0) is 16.8. The highest BCUT2D eigenvalue weighted by molar-refractivity contribution is 7.85. The van der Waals surface area contributed by atoms with Gasteiger partial charge in [-0.2, -0.15) is 0 Å². The van der Waals surface area contributed by atoms with E-state index in [1.165, 1.54) is 0 Å². The minimum absolute atomic E-state index is 0.216. The first-order valence-corrected chi connectivity index (χ1v) is 9.29. The summed E-state index contributed by atoms with van der Waals surface area (Å²) in [5.74, 6) is 0.00681. The third kappa shape index (κ3) is 4.38. The standard InChI is InChI=1S/C20H24O2S/c1-4-5-9-19(21)16(3)18-8-6-7-10-20(18)23(22)17-13-11-15(2)12-14-17/h6-8,10-14,16H,4-5,9H2,1-3H3/t16-,23?/m0/s1. The molecule has 0 N–H and O–H groups in total. The van der Waals surface area contributed by atoms with E-state index in [1.54, 1.807) is 0 Å². The predicted molar refractivity (Wildman–Crippen MR) is 95.2 cm³/mol. The molecule has 3 heteroatoms. The molecule has 0 fully saturated rings. The number of benzene rings is 2. The Labute approximate surface area is 141 Å². The summed E-state index contributed by atoms with van der Waals surface area (Å²) in [7, 11) is -1.26. The maximum absolute atomic E-state index is 12.9. The molecule has 2 aromatic rings. The molecule has 23 heavy (non-hydrogen) atoms. The van der Waals surface area contributed by atoms with E-state index in [4.69, 9.17) is 0 Å². The Kier molecular flexibility index (Phi) is 6.28. The molecule has 2 rings (SSSR count). The van der Waals surface area contributed by atoms with Crippen molar-refractivity contribution in [2.24, 2.45) is 0 Å². The van der Waals surface area contributed by atoms with Crippen molar-refractivity contribution >= 4 is 16.6 Å². The number of ketones is 1. The van der Waals surface area contributed by atoms with E-state index in [-0.39, 0.29) is 11.7 Å². The van der Waals surface area contributed by atoms with E-state index in [2.05, 4.69) is 6.92 Å². The van der Waals surface area contributed by atoms with Crippen molar-refractivity contribution in [3.05, 3.63) is 59.7 Å². The van der Waals surface area contributed by atoms with Crippen LogP contribution in [0.25, 0.3) is 0 Å². The Bertz CT molecular complexity index is 689. The molecule has 0 radical (unpaired) electrons. The minimum atomic E-state index is -1.26. The van der Waals surface area contributed by atoms with Crippen LogP contribution in [0.3, 0.4) is 0 Å². The summed E-state index contributed by atoms with van der Waals surface area (Å²) in [5.41, 5.74) is 2.02. The molecule has 1 unspecified atom stereocenters. The lowest BCUT2D eigenvalue weighted by Crippen LogP contribution is -2.11. The van der Waals surface area contributed by atoms with Crippen molar-refractivity contribution in [2.75, 3.05) is 0 Å². The molecule has 0 saturated heterocycles. The summed E-state index contributed by atoms with van der Waals surface area (Å²) in [4.78, 5) is 13.9. The van der Waals surface area contributed by atoms with Gasteiger partial charge in [-0.05, 0) is 37.1 Å². The zero-order valence-electron chi connectivity index (χ0n) is 14.0. The van der Waals surface area contributed by atoms with Crippen LogP contribution >= 0.6 is 0 Å². The molecule has 0 aromatic heterocycles. The van der Waals surface area contributed by atoms with Crippen molar-refractivity contribution in [2.45, 2.75) is 55.7 Å². The smallest absolute Gasteiger partial charge is 0.140 e. The number of Topliss-reactive ketones (excluding diaryl/α,β-unsaturated/α-hetero) is 1. The molecule has 0 heterocycles. The van der Waals surface area contributed by atoms with Crippen LogP contribution in [0.15, 0.2) is 58.3 Å². The summed E-state index contributed by atoms with van der Waals surface area (Å²) in [6, 6.07) is 15.3. The van der Waals surface area contributed by atoms with Gasteiger partial charge >= 0.3 is 0 Å². The first-order valence-electron chi connectivity index (χ1n) is 8.14. The molecular formula is C20H24O2S. The Hall–Kier alpha value is -1.74. The third-order valence-corrected chi connectivity index (χ3v) is 5.55. The van der Waals surface area contributed by atoms with Crippen molar-refractivity contribution in [1.82, 2.24) is 0 Å². The molecular weight excluding hydrogens is 304 g/mol. The topological polar surface area (TPSA) is 34.1 Å². The van der Waals surface area contributed by atoms with Gasteiger partial charge in [0.2, 0.25) is 0 Å². The predicted octanol–water partition coefficient (Wildman–Crippen LogP) is 5.02. The van der Waals surface area contributed by atoms with Crippen LogP contribution < -0.4 is 0 Å². The Morgan fingerprint density at radius 3 is 2.39 bits per heavy atom. The normalized spacial score (nSPS) is 13.5. The molecule has 122 valence electrons. The van der Waals surface area contributed by atoms with Gasteiger partial charge in [0.05, 0.1) is 10.8 Å². The molecule has 0 spiro atoms. The lowest BCUT2D eigenvalue weighted by atomic mass is 9.94. The van der Waals surface area contributed by atoms with Crippen LogP contribution in [0.4, 0.5) is 0 Å². The Balaban J connectivity index is 2.31. The molecule has 2 nitrogen and oxygen atoms in total. The van der Waals surface area contributed by atoms with Gasteiger partial charge in [-0.15, -0.1) is 0 Å². The van der Waals surface area contributed by atoms with Gasteiger partial charge in [-0.3, -0.25) is 4.79 Å². The maximum Gasteiger partial charge on any atom is 0.140 e. The highest BCUT2D eigenvalue weighted by Crippen LogP contribution is 2.28. The summed E-state index contributed by atoms with van der Waals surface area (Å²) in [6.07, 6.45) is 2.50. The average Bonchev–Trinajstić information content (AvgIpc) is 2.59. The van der Waals surface area contributed by atoms with Gasteiger partial charge in [-0.1, -0.05) is 56.2 Å². The van der Waals surface area contributed by atoms with Crippen molar-refractivity contribution < 1.29 is 9.00 Å². The number of carbonyl (C=O) groups is 1. The average molecular weight is 328 g/mol. The lowest BCUT2D eigenvalue weighted by molar-refractivity contribution is -0.120. The quantitative estimate of drug-likeness (QED) is 0.715. The summed E-state index contributed by atoms with van der Waals surface area (Å²) >= 11 is 0. The van der Waals surface area contributed by atoms with Crippen LogP contribution in [0.2, 0.25) is 0 Å². The molecule has 0 bridgehead atoms. The van der Waals surface area contributed by atoms with Gasteiger partial charge in [-0.25, -0.2) is 4.21 Å². The van der Waals surface area contributed by atoms with Crippen LogP contribution in [-0.2, 0) is 15.6 Å². The second kappa shape index (κ2) is 8.21. The van der Waals surface area contributed by atoms with E-state index in [0.29, 0.717) is 6.42 Å². The number of hydrogen-bond acceptors (Lipinski definition) is 2. The SMILES string of the molecule is CCCCC(=O)[C@@H](C)c1ccccc1S(=O)c1ccc(C)cc1. The molecule has 0 amide bonds. The monoisotopic (exact) mass is 328 g/mol. The van der Waals surface area contributed by atoms with E-state index < -0.39 is 10.8 Å². The van der Waals surface area contributed by atoms with Crippen LogP contribution in [0.1, 0.15) is 50.2 Å². The van der Waals surface area contributed by atoms with Crippen molar-refractivity contribution in [3.63, 3.8) is 0 Å². The summed E-state index contributed by atoms with van der Waals surface area (Å²) in [5, 5.41) is 0. The van der Waals surface area contributed by atoms with Gasteiger partial charge in [0.15, 0.2) is 0 Å². The second-order valence-corrected chi connectivity index (χ2v) is 7.36. The molecule has 0 aliphatic rings. The van der Waals surface area contributed by atoms with E-state index in [0.717, 1.165) is 33.8 Å². The van der Waals surface area contributed by atoms with E-state index in [9.17, 15) is 9.00 Å². The highest BCUT2D eigenvalue weighted by atomic mass is 32.2. The first-order chi connectivity index (χ1) is 11.0. The van der Waals surface area contributed by atoms with Gasteiger partial charge in [0, 0.05) is 22.1 Å². The van der Waals surface area contributed by atoms with Gasteiger partial charge in [0.1, 0.15) is 5.78 Å². The second-order valence-electron chi connectivity index (χ2n) is 5.91. The fourth-order valence-corrected chi connectivity index (χ4v) is 3.84. The summed E-state index contributed by atoms with van der Waals surface area (Å²) < 4.78 is 12.9. The largest absolute Gasteiger partial charge is 0.299 e. The highest BCUT2D eigenvalue weighted by Gasteiger charge is 2.20. The Morgan fingerprint density at radius 1 is 1.09 bits per heavy atom. The molecule has 0 aliphatic carbocycles. The fraction of sp³-hybridized carbons (Fsp3) is 0.350. The third-order valence-electron chi connectivity index (χ3n) is 4.08. The lowest BCUT2D eigenvalue weighted by Gasteiger charge is -2.15. The van der Waals surface area contributed by atoms with Crippen molar-refractivity contribution in [3.8, 4) is 0 Å². The van der Waals surface area contributed by atoms with Crippen LogP contribution in [0, 0.1) is 6.92 Å². The molecule has 0 saturated carbocycles. The van der Waals surface area contributed by atoms with Crippen LogP contribution in [0.5, 0.6) is 0 Å². The minimum Gasteiger partial charge on any atom is -0.299 e. The zero-order valence-corrected chi connectivity index (χ0v) is 14.9. The fourth-order valence-electron chi connectivity index (χ4n) is 2.54. The molecule has 2 aromatic carbocycles. The number of hydrogen-bond donors (Lipinski definition) is 0. The number of carbonyl (C=O) groups excluding carboxylic acids is 1. The first kappa shape index (κ1) is 17.6. The van der Waals surface area contributed by atoms with Gasteiger partial charge in [0.25, 0.3) is 0 Å². The number of unbranched alkanes of at least 4 members (excludes halogenated alkanes) is 1. The number of aryl methyl sites for hydroxylation is 1. The molecule has 0 aliphatic heterocycles. The molecule has 2 atom stereocenters. The van der Waals surface area contributed by atoms with E-state index in [1.807, 2.05) is 62.4 Å².